The van der Waals surface area contributed by atoms with Gasteiger partial charge in [0.25, 0.3) is 0 Å². The topological polar surface area (TPSA) is 91.5 Å². The maximum Gasteiger partial charge on any atom is 0.232 e. The molecule has 0 aliphatic carbocycles. The molecule has 3 rings (SSSR count). The summed E-state index contributed by atoms with van der Waals surface area (Å²) in [5.41, 5.74) is 1.03. The van der Waals surface area contributed by atoms with Crippen molar-refractivity contribution in [3.05, 3.63) is 35.6 Å². The van der Waals surface area contributed by atoms with Gasteiger partial charge in [0, 0.05) is 37.3 Å². The summed E-state index contributed by atoms with van der Waals surface area (Å²) in [6, 6.07) is 4.60. The fourth-order valence-corrected chi connectivity index (χ4v) is 3.19. The van der Waals surface area contributed by atoms with E-state index in [1.165, 1.54) is 5.56 Å². The minimum atomic E-state index is -0.155. The number of halogens is 1. The van der Waals surface area contributed by atoms with E-state index in [1.54, 1.807) is 0 Å². The standard InChI is InChI=1S/C21H33N7O.HI/c1-6-22-20(24-14-17-26-19(29-27-17)21(3,4)5)25-16-9-11-28(12-10-16)18-8-7-15(2)13-23-18;/h7-8,13,16H,6,9-12,14H2,1-5H3,(H2,22,24,25);1H. The first kappa shape index (κ1) is 24.4. The lowest BCUT2D eigenvalue weighted by Gasteiger charge is -2.33. The Kier molecular flexibility index (Phi) is 8.87. The smallest absolute Gasteiger partial charge is 0.232 e. The number of guanidine groups is 1. The van der Waals surface area contributed by atoms with Crippen molar-refractivity contribution in [3.63, 3.8) is 0 Å². The molecule has 0 spiro atoms. The molecule has 1 aliphatic heterocycles. The Balaban J connectivity index is 0.00000320. The second-order valence-corrected chi connectivity index (χ2v) is 8.56. The van der Waals surface area contributed by atoms with E-state index in [-0.39, 0.29) is 29.4 Å². The van der Waals surface area contributed by atoms with Crippen LogP contribution in [0.2, 0.25) is 0 Å². The van der Waals surface area contributed by atoms with E-state index in [4.69, 9.17) is 4.52 Å². The Bertz CT molecular complexity index is 806. The van der Waals surface area contributed by atoms with E-state index in [2.05, 4.69) is 82.4 Å². The number of piperidine rings is 1. The van der Waals surface area contributed by atoms with Gasteiger partial charge >= 0.3 is 0 Å². The monoisotopic (exact) mass is 527 g/mol. The van der Waals surface area contributed by atoms with Crippen LogP contribution >= 0.6 is 24.0 Å². The Morgan fingerprint density at radius 1 is 1.27 bits per heavy atom. The van der Waals surface area contributed by atoms with Crippen LogP contribution in [-0.4, -0.2) is 46.8 Å². The van der Waals surface area contributed by atoms with Crippen LogP contribution in [0.25, 0.3) is 0 Å². The first-order chi connectivity index (χ1) is 13.8. The highest BCUT2D eigenvalue weighted by Gasteiger charge is 2.22. The van der Waals surface area contributed by atoms with Crippen molar-refractivity contribution in [2.75, 3.05) is 24.5 Å². The molecule has 0 atom stereocenters. The molecule has 2 aromatic rings. The third-order valence-corrected chi connectivity index (χ3v) is 4.89. The molecule has 0 unspecified atom stereocenters. The average molecular weight is 527 g/mol. The number of hydrogen-bond donors (Lipinski definition) is 2. The van der Waals surface area contributed by atoms with Gasteiger partial charge in [-0.25, -0.2) is 9.98 Å². The van der Waals surface area contributed by atoms with Crippen molar-refractivity contribution in [1.82, 2.24) is 25.8 Å². The number of anilines is 1. The third-order valence-electron chi connectivity index (χ3n) is 4.89. The summed E-state index contributed by atoms with van der Waals surface area (Å²) in [6.07, 6.45) is 4.01. The molecule has 0 bridgehead atoms. The minimum absolute atomic E-state index is 0. The van der Waals surface area contributed by atoms with Gasteiger partial charge in [-0.2, -0.15) is 4.98 Å². The van der Waals surface area contributed by atoms with Crippen molar-refractivity contribution < 1.29 is 4.52 Å². The molecule has 166 valence electrons. The zero-order chi connectivity index (χ0) is 20.9. The van der Waals surface area contributed by atoms with E-state index in [1.807, 2.05) is 6.20 Å². The second kappa shape index (κ2) is 10.9. The van der Waals surface area contributed by atoms with Crippen LogP contribution in [0.15, 0.2) is 27.8 Å². The van der Waals surface area contributed by atoms with Crippen LogP contribution < -0.4 is 15.5 Å². The van der Waals surface area contributed by atoms with Crippen LogP contribution in [0.1, 0.15) is 57.8 Å². The normalized spacial score (nSPS) is 15.6. The Morgan fingerprint density at radius 2 is 2.00 bits per heavy atom. The third kappa shape index (κ3) is 6.82. The minimum Gasteiger partial charge on any atom is -0.357 e. The highest BCUT2D eigenvalue weighted by Crippen LogP contribution is 2.20. The van der Waals surface area contributed by atoms with Crippen molar-refractivity contribution in [1.29, 1.82) is 0 Å². The van der Waals surface area contributed by atoms with Gasteiger partial charge in [-0.3, -0.25) is 0 Å². The van der Waals surface area contributed by atoms with Crippen molar-refractivity contribution in [2.45, 2.75) is 65.5 Å². The fourth-order valence-electron chi connectivity index (χ4n) is 3.19. The zero-order valence-electron chi connectivity index (χ0n) is 18.6. The van der Waals surface area contributed by atoms with Crippen molar-refractivity contribution in [2.24, 2.45) is 4.99 Å². The summed E-state index contributed by atoms with van der Waals surface area (Å²) < 4.78 is 5.35. The van der Waals surface area contributed by atoms with E-state index < -0.39 is 0 Å². The molecule has 0 aromatic carbocycles. The van der Waals surface area contributed by atoms with Crippen LogP contribution in [-0.2, 0) is 12.0 Å². The number of aryl methyl sites for hydroxylation is 1. The molecule has 0 saturated carbocycles. The largest absolute Gasteiger partial charge is 0.357 e. The van der Waals surface area contributed by atoms with Gasteiger partial charge in [-0.15, -0.1) is 24.0 Å². The predicted octanol–water partition coefficient (Wildman–Crippen LogP) is 3.41. The number of nitrogens with one attached hydrogen (secondary N) is 2. The van der Waals surface area contributed by atoms with Gasteiger partial charge in [0.2, 0.25) is 5.89 Å². The van der Waals surface area contributed by atoms with E-state index >= 15 is 0 Å². The van der Waals surface area contributed by atoms with Crippen LogP contribution in [0, 0.1) is 6.92 Å². The SMILES string of the molecule is CCNC(=NCc1noc(C(C)(C)C)n1)NC1CCN(c2ccc(C)cn2)CC1.I. The molecule has 1 fully saturated rings. The van der Waals surface area contributed by atoms with E-state index in [0.29, 0.717) is 24.3 Å². The fraction of sp³-hybridized carbons (Fsp3) is 0.619. The summed E-state index contributed by atoms with van der Waals surface area (Å²) in [4.78, 5) is 16.0. The molecule has 30 heavy (non-hydrogen) atoms. The molecule has 8 nitrogen and oxygen atoms in total. The van der Waals surface area contributed by atoms with Gasteiger partial charge in [0.15, 0.2) is 11.8 Å². The van der Waals surface area contributed by atoms with Crippen LogP contribution in [0.3, 0.4) is 0 Å². The Labute approximate surface area is 196 Å². The molecule has 0 radical (unpaired) electrons. The summed E-state index contributed by atoms with van der Waals surface area (Å²) in [5, 5.41) is 10.9. The quantitative estimate of drug-likeness (QED) is 0.350. The molecule has 0 amide bonds. The van der Waals surface area contributed by atoms with Gasteiger partial charge in [0.05, 0.1) is 0 Å². The number of hydrogen-bond acceptors (Lipinski definition) is 6. The zero-order valence-corrected chi connectivity index (χ0v) is 20.9. The van der Waals surface area contributed by atoms with Crippen molar-refractivity contribution in [3.8, 4) is 0 Å². The molecule has 3 heterocycles. The molecule has 2 N–H and O–H groups in total. The van der Waals surface area contributed by atoms with Crippen molar-refractivity contribution >= 4 is 35.8 Å². The Hall–Kier alpha value is -1.91. The number of aliphatic imine (C=N–C) groups is 1. The second-order valence-electron chi connectivity index (χ2n) is 8.56. The average Bonchev–Trinajstić information content (AvgIpc) is 3.17. The molecular weight excluding hydrogens is 493 g/mol. The van der Waals surface area contributed by atoms with E-state index in [0.717, 1.165) is 44.3 Å². The number of pyridine rings is 1. The van der Waals surface area contributed by atoms with Gasteiger partial charge < -0.3 is 20.1 Å². The maximum absolute atomic E-state index is 5.35. The summed E-state index contributed by atoms with van der Waals surface area (Å²) >= 11 is 0. The lowest BCUT2D eigenvalue weighted by Crippen LogP contribution is -2.48. The molecular formula is C21H34IN7O. The molecule has 1 aliphatic rings. The van der Waals surface area contributed by atoms with Gasteiger partial charge in [0.1, 0.15) is 12.4 Å². The number of aromatic nitrogens is 3. The summed E-state index contributed by atoms with van der Waals surface area (Å²) in [7, 11) is 0. The maximum atomic E-state index is 5.35. The lowest BCUT2D eigenvalue weighted by molar-refractivity contribution is 0.318. The molecule has 9 heteroatoms. The molecule has 2 aromatic heterocycles. The van der Waals surface area contributed by atoms with Crippen LogP contribution in [0.5, 0.6) is 0 Å². The Morgan fingerprint density at radius 3 is 2.57 bits per heavy atom. The van der Waals surface area contributed by atoms with E-state index in [9.17, 15) is 0 Å². The van der Waals surface area contributed by atoms with Gasteiger partial charge in [-0.05, 0) is 38.3 Å². The number of rotatable bonds is 5. The highest BCUT2D eigenvalue weighted by atomic mass is 127. The highest BCUT2D eigenvalue weighted by molar-refractivity contribution is 14.0. The first-order valence-corrected chi connectivity index (χ1v) is 10.4. The summed E-state index contributed by atoms with van der Waals surface area (Å²) in [5.74, 6) is 3.09. The summed E-state index contributed by atoms with van der Waals surface area (Å²) in [6.45, 7) is 13.4. The lowest BCUT2D eigenvalue weighted by atomic mass is 9.97. The van der Waals surface area contributed by atoms with Gasteiger partial charge in [-0.1, -0.05) is 32.0 Å². The van der Waals surface area contributed by atoms with Crippen LogP contribution in [0.4, 0.5) is 5.82 Å². The molecule has 1 saturated heterocycles. The number of nitrogens with zero attached hydrogens (tertiary/aromatic N) is 5. The predicted molar refractivity (Wildman–Crippen MR) is 131 cm³/mol. The first-order valence-electron chi connectivity index (χ1n) is 10.4.